The molecule has 6 nitrogen and oxygen atoms in total. The fourth-order valence-corrected chi connectivity index (χ4v) is 3.92. The van der Waals surface area contributed by atoms with Gasteiger partial charge in [-0.1, -0.05) is 30.3 Å². The van der Waals surface area contributed by atoms with E-state index in [1.165, 1.54) is 29.5 Å². The second kappa shape index (κ2) is 9.53. The van der Waals surface area contributed by atoms with Gasteiger partial charge in [0.25, 0.3) is 5.69 Å². The zero-order valence-corrected chi connectivity index (χ0v) is 15.9. The highest BCUT2D eigenvalue weighted by molar-refractivity contribution is 8.00. The van der Waals surface area contributed by atoms with Gasteiger partial charge in [0.15, 0.2) is 0 Å². The molecule has 3 rings (SSSR count). The van der Waals surface area contributed by atoms with Crippen molar-refractivity contribution in [1.29, 1.82) is 0 Å². The number of carbonyl (C=O) groups is 1. The van der Waals surface area contributed by atoms with Crippen molar-refractivity contribution in [3.63, 3.8) is 0 Å². The molecular formula is C20H23N3O3S. The van der Waals surface area contributed by atoms with Crippen LogP contribution in [0.4, 0.5) is 5.69 Å². The number of amides is 1. The van der Waals surface area contributed by atoms with E-state index in [2.05, 4.69) is 29.2 Å². The van der Waals surface area contributed by atoms with Gasteiger partial charge in [0, 0.05) is 49.8 Å². The number of thioether (sulfide) groups is 1. The number of hydrogen-bond donors (Lipinski definition) is 0. The molecule has 0 N–H and O–H groups in total. The van der Waals surface area contributed by atoms with E-state index in [1.807, 2.05) is 11.0 Å². The minimum Gasteiger partial charge on any atom is -0.341 e. The molecule has 0 spiro atoms. The molecule has 0 aliphatic carbocycles. The van der Waals surface area contributed by atoms with Gasteiger partial charge < -0.3 is 4.90 Å². The number of nitro benzene ring substituents is 1. The summed E-state index contributed by atoms with van der Waals surface area (Å²) >= 11 is 1.43. The Hall–Kier alpha value is -2.38. The monoisotopic (exact) mass is 385 g/mol. The second-order valence-electron chi connectivity index (χ2n) is 6.54. The average molecular weight is 385 g/mol. The van der Waals surface area contributed by atoms with E-state index in [0.29, 0.717) is 5.75 Å². The summed E-state index contributed by atoms with van der Waals surface area (Å²) in [7, 11) is 0. The molecular weight excluding hydrogens is 362 g/mol. The third-order valence-corrected chi connectivity index (χ3v) is 5.60. The molecule has 2 aromatic carbocycles. The summed E-state index contributed by atoms with van der Waals surface area (Å²) in [6.07, 6.45) is 0.973. The maximum absolute atomic E-state index is 12.5. The van der Waals surface area contributed by atoms with Crippen LogP contribution in [0.25, 0.3) is 0 Å². The largest absolute Gasteiger partial charge is 0.341 e. The van der Waals surface area contributed by atoms with Gasteiger partial charge in [-0.15, -0.1) is 11.8 Å². The van der Waals surface area contributed by atoms with Gasteiger partial charge in [0.05, 0.1) is 10.7 Å². The molecule has 1 amide bonds. The van der Waals surface area contributed by atoms with Crippen molar-refractivity contribution in [3.8, 4) is 0 Å². The summed E-state index contributed by atoms with van der Waals surface area (Å²) in [6, 6.07) is 16.7. The quantitative estimate of drug-likeness (QED) is 0.433. The van der Waals surface area contributed by atoms with Crippen LogP contribution in [0.15, 0.2) is 59.5 Å². The second-order valence-corrected chi connectivity index (χ2v) is 7.58. The van der Waals surface area contributed by atoms with Crippen molar-refractivity contribution < 1.29 is 9.72 Å². The summed E-state index contributed by atoms with van der Waals surface area (Å²) in [6.45, 7) is 4.31. The molecule has 0 radical (unpaired) electrons. The highest BCUT2D eigenvalue weighted by Crippen LogP contribution is 2.22. The summed E-state index contributed by atoms with van der Waals surface area (Å²) in [5.74, 6) is 0.483. The first-order valence-corrected chi connectivity index (χ1v) is 10.0. The summed E-state index contributed by atoms with van der Waals surface area (Å²) in [4.78, 5) is 28.0. The Labute approximate surface area is 163 Å². The van der Waals surface area contributed by atoms with E-state index < -0.39 is 4.92 Å². The van der Waals surface area contributed by atoms with Crippen LogP contribution in [0.5, 0.6) is 0 Å². The van der Waals surface area contributed by atoms with Crippen molar-refractivity contribution in [2.75, 3.05) is 31.9 Å². The fraction of sp³-hybridized carbons (Fsp3) is 0.350. The molecule has 0 atom stereocenters. The molecule has 0 bridgehead atoms. The number of rotatable bonds is 6. The zero-order valence-electron chi connectivity index (χ0n) is 15.1. The molecule has 142 valence electrons. The SMILES string of the molecule is O=C(CSc1ccc([N+](=O)[O-])cc1)N1CCCN(Cc2ccccc2)CC1. The molecule has 1 aliphatic heterocycles. The Morgan fingerprint density at radius 3 is 2.44 bits per heavy atom. The molecule has 2 aromatic rings. The lowest BCUT2D eigenvalue weighted by Gasteiger charge is -2.22. The van der Waals surface area contributed by atoms with Gasteiger partial charge in [0.1, 0.15) is 0 Å². The Morgan fingerprint density at radius 1 is 1.00 bits per heavy atom. The van der Waals surface area contributed by atoms with Gasteiger partial charge in [0.2, 0.25) is 5.91 Å². The normalized spacial score (nSPS) is 15.3. The average Bonchev–Trinajstić information content (AvgIpc) is 2.93. The van der Waals surface area contributed by atoms with Crippen LogP contribution >= 0.6 is 11.8 Å². The van der Waals surface area contributed by atoms with Crippen LogP contribution in [-0.2, 0) is 11.3 Å². The van der Waals surface area contributed by atoms with E-state index >= 15 is 0 Å². The van der Waals surface area contributed by atoms with Gasteiger partial charge >= 0.3 is 0 Å². The first-order chi connectivity index (χ1) is 13.1. The van der Waals surface area contributed by atoms with E-state index in [9.17, 15) is 14.9 Å². The molecule has 1 fully saturated rings. The molecule has 7 heteroatoms. The molecule has 1 saturated heterocycles. The Kier molecular flexibility index (Phi) is 6.84. The molecule has 0 aromatic heterocycles. The molecule has 1 aliphatic rings. The van der Waals surface area contributed by atoms with Crippen molar-refractivity contribution in [3.05, 3.63) is 70.3 Å². The third-order valence-electron chi connectivity index (χ3n) is 4.60. The van der Waals surface area contributed by atoms with Gasteiger partial charge in [-0.2, -0.15) is 0 Å². The van der Waals surface area contributed by atoms with E-state index in [0.717, 1.165) is 44.0 Å². The minimum absolute atomic E-state index is 0.0664. The number of nitro groups is 1. The third kappa shape index (κ3) is 5.80. The Balaban J connectivity index is 1.47. The predicted molar refractivity (Wildman–Crippen MR) is 107 cm³/mol. The van der Waals surface area contributed by atoms with Crippen LogP contribution < -0.4 is 0 Å². The highest BCUT2D eigenvalue weighted by atomic mass is 32.2. The zero-order chi connectivity index (χ0) is 19.1. The Morgan fingerprint density at radius 2 is 1.74 bits per heavy atom. The number of carbonyl (C=O) groups excluding carboxylic acids is 1. The maximum Gasteiger partial charge on any atom is 0.269 e. The van der Waals surface area contributed by atoms with Crippen molar-refractivity contribution in [1.82, 2.24) is 9.80 Å². The van der Waals surface area contributed by atoms with Gasteiger partial charge in [-0.3, -0.25) is 19.8 Å². The number of nitrogens with zero attached hydrogens (tertiary/aromatic N) is 3. The highest BCUT2D eigenvalue weighted by Gasteiger charge is 2.19. The number of hydrogen-bond acceptors (Lipinski definition) is 5. The minimum atomic E-state index is -0.419. The molecule has 0 saturated carbocycles. The predicted octanol–water partition coefficient (Wildman–Crippen LogP) is 3.42. The summed E-state index contributed by atoms with van der Waals surface area (Å²) in [5.41, 5.74) is 1.36. The van der Waals surface area contributed by atoms with E-state index in [1.54, 1.807) is 12.1 Å². The topological polar surface area (TPSA) is 66.7 Å². The lowest BCUT2D eigenvalue weighted by atomic mass is 10.2. The summed E-state index contributed by atoms with van der Waals surface area (Å²) < 4.78 is 0. The molecule has 0 unspecified atom stereocenters. The van der Waals surface area contributed by atoms with Crippen LogP contribution in [0.3, 0.4) is 0 Å². The maximum atomic E-state index is 12.5. The standard InChI is InChI=1S/C20H23N3O3S/c24-20(16-27-19-9-7-18(8-10-19)23(25)26)22-12-4-11-21(13-14-22)15-17-5-2-1-3-6-17/h1-3,5-10H,4,11-16H2. The van der Waals surface area contributed by atoms with Gasteiger partial charge in [-0.05, 0) is 24.1 Å². The number of non-ortho nitro benzene ring substituents is 1. The smallest absolute Gasteiger partial charge is 0.269 e. The number of benzene rings is 2. The van der Waals surface area contributed by atoms with Crippen LogP contribution in [0, 0.1) is 10.1 Å². The van der Waals surface area contributed by atoms with Crippen LogP contribution in [-0.4, -0.2) is 52.6 Å². The Bertz CT molecular complexity index is 768. The fourth-order valence-electron chi connectivity index (χ4n) is 3.12. The van der Waals surface area contributed by atoms with Crippen molar-refractivity contribution in [2.45, 2.75) is 17.9 Å². The first kappa shape index (κ1) is 19.4. The summed E-state index contributed by atoms with van der Waals surface area (Å²) in [5, 5.41) is 10.7. The van der Waals surface area contributed by atoms with Crippen molar-refractivity contribution >= 4 is 23.4 Å². The van der Waals surface area contributed by atoms with Crippen LogP contribution in [0.2, 0.25) is 0 Å². The van der Waals surface area contributed by atoms with E-state index in [4.69, 9.17) is 0 Å². The van der Waals surface area contributed by atoms with Crippen molar-refractivity contribution in [2.24, 2.45) is 0 Å². The van der Waals surface area contributed by atoms with Gasteiger partial charge in [-0.25, -0.2) is 0 Å². The van der Waals surface area contributed by atoms with E-state index in [-0.39, 0.29) is 11.6 Å². The molecule has 27 heavy (non-hydrogen) atoms. The van der Waals surface area contributed by atoms with Crippen LogP contribution in [0.1, 0.15) is 12.0 Å². The lowest BCUT2D eigenvalue weighted by Crippen LogP contribution is -2.36. The first-order valence-electron chi connectivity index (χ1n) is 9.03. The lowest BCUT2D eigenvalue weighted by molar-refractivity contribution is -0.384. The molecule has 1 heterocycles.